The number of rotatable bonds is 6. The molecule has 2 atom stereocenters. The number of hydrogen-bond acceptors (Lipinski definition) is 1. The maximum absolute atomic E-state index is 6.01. The molecule has 0 bridgehead atoms. The van der Waals surface area contributed by atoms with E-state index in [0.29, 0.717) is 6.04 Å². The second kappa shape index (κ2) is 6.93. The summed E-state index contributed by atoms with van der Waals surface area (Å²) in [6.45, 7) is 7.78. The van der Waals surface area contributed by atoms with Gasteiger partial charge in [0.1, 0.15) is 0 Å². The van der Waals surface area contributed by atoms with Gasteiger partial charge in [-0.15, -0.1) is 0 Å². The minimum absolute atomic E-state index is 0.424. The molecule has 0 heterocycles. The zero-order valence-electron chi connectivity index (χ0n) is 10.5. The summed E-state index contributed by atoms with van der Waals surface area (Å²) in [4.78, 5) is 0. The molecule has 0 saturated heterocycles. The van der Waals surface area contributed by atoms with Gasteiger partial charge in [0.05, 0.1) is 0 Å². The maximum Gasteiger partial charge on any atom is 0.0409 e. The highest BCUT2D eigenvalue weighted by atomic mass is 35.5. The highest BCUT2D eigenvalue weighted by molar-refractivity contribution is 6.30. The number of halogens is 1. The third-order valence-electron chi connectivity index (χ3n) is 3.07. The van der Waals surface area contributed by atoms with E-state index < -0.39 is 0 Å². The first kappa shape index (κ1) is 13.5. The maximum atomic E-state index is 6.01. The molecule has 1 N–H and O–H groups in total. The van der Waals surface area contributed by atoms with Crippen molar-refractivity contribution in [1.29, 1.82) is 0 Å². The highest BCUT2D eigenvalue weighted by Crippen LogP contribution is 2.20. The summed E-state index contributed by atoms with van der Waals surface area (Å²) in [6.07, 6.45) is 2.32. The van der Waals surface area contributed by atoms with Gasteiger partial charge >= 0.3 is 0 Å². The molecule has 2 unspecified atom stereocenters. The summed E-state index contributed by atoms with van der Waals surface area (Å²) in [5.74, 6) is 0.730. The van der Waals surface area contributed by atoms with Gasteiger partial charge in [-0.2, -0.15) is 0 Å². The minimum Gasteiger partial charge on any atom is -0.310 e. The topological polar surface area (TPSA) is 12.0 Å². The van der Waals surface area contributed by atoms with Crippen LogP contribution in [0.5, 0.6) is 0 Å². The quantitative estimate of drug-likeness (QED) is 0.775. The summed E-state index contributed by atoms with van der Waals surface area (Å²) < 4.78 is 0. The molecule has 16 heavy (non-hydrogen) atoms. The lowest BCUT2D eigenvalue weighted by Gasteiger charge is -2.20. The van der Waals surface area contributed by atoms with E-state index in [9.17, 15) is 0 Å². The number of hydrogen-bond donors (Lipinski definition) is 1. The van der Waals surface area contributed by atoms with Crippen molar-refractivity contribution < 1.29 is 0 Å². The molecule has 0 aliphatic heterocycles. The highest BCUT2D eigenvalue weighted by Gasteiger charge is 2.09. The van der Waals surface area contributed by atoms with Crippen LogP contribution in [0.4, 0.5) is 0 Å². The third kappa shape index (κ3) is 4.15. The van der Waals surface area contributed by atoms with Gasteiger partial charge in [0.2, 0.25) is 0 Å². The molecule has 1 nitrogen and oxygen atoms in total. The van der Waals surface area contributed by atoms with E-state index in [1.807, 2.05) is 12.1 Å². The van der Waals surface area contributed by atoms with Crippen LogP contribution in [0.3, 0.4) is 0 Å². The van der Waals surface area contributed by atoms with Crippen LogP contribution < -0.4 is 5.32 Å². The van der Waals surface area contributed by atoms with Crippen LogP contribution in [-0.4, -0.2) is 6.54 Å². The molecule has 0 spiro atoms. The summed E-state index contributed by atoms with van der Waals surface area (Å²) in [5.41, 5.74) is 1.29. The van der Waals surface area contributed by atoms with Crippen molar-refractivity contribution in [1.82, 2.24) is 5.32 Å². The fraction of sp³-hybridized carbons (Fsp3) is 0.571. The average Bonchev–Trinajstić information content (AvgIpc) is 2.29. The molecule has 1 aromatic carbocycles. The van der Waals surface area contributed by atoms with E-state index in [1.54, 1.807) is 0 Å². The Bertz CT molecular complexity index is 311. The van der Waals surface area contributed by atoms with Crippen molar-refractivity contribution in [3.63, 3.8) is 0 Å². The lowest BCUT2D eigenvalue weighted by Crippen LogP contribution is -2.25. The van der Waals surface area contributed by atoms with Crippen LogP contribution >= 0.6 is 11.6 Å². The molecule has 0 fully saturated rings. The Labute approximate surface area is 104 Å². The largest absolute Gasteiger partial charge is 0.310 e. The molecule has 1 rings (SSSR count). The van der Waals surface area contributed by atoms with E-state index in [4.69, 9.17) is 11.6 Å². The van der Waals surface area contributed by atoms with Crippen molar-refractivity contribution in [3.05, 3.63) is 34.9 Å². The predicted octanol–water partition coefficient (Wildman–Crippen LogP) is 4.43. The first-order valence-corrected chi connectivity index (χ1v) is 6.54. The molecular formula is C14H22ClN. The Hall–Kier alpha value is -0.530. The molecule has 0 amide bonds. The Morgan fingerprint density at radius 2 is 2.00 bits per heavy atom. The molecular weight excluding hydrogens is 218 g/mol. The van der Waals surface area contributed by atoms with Crippen molar-refractivity contribution >= 4 is 11.6 Å². The van der Waals surface area contributed by atoms with Gasteiger partial charge in [0, 0.05) is 11.1 Å². The van der Waals surface area contributed by atoms with Gasteiger partial charge in [-0.3, -0.25) is 0 Å². The molecule has 0 aliphatic carbocycles. The third-order valence-corrected chi connectivity index (χ3v) is 3.30. The molecule has 90 valence electrons. The van der Waals surface area contributed by atoms with Crippen LogP contribution in [0, 0.1) is 5.92 Å². The van der Waals surface area contributed by atoms with Gasteiger partial charge in [-0.1, -0.05) is 50.9 Å². The Morgan fingerprint density at radius 3 is 2.56 bits per heavy atom. The predicted molar refractivity (Wildman–Crippen MR) is 71.9 cm³/mol. The number of nitrogens with one attached hydrogen (secondary N) is 1. The minimum atomic E-state index is 0.424. The van der Waals surface area contributed by atoms with Crippen molar-refractivity contribution in [2.45, 2.75) is 39.7 Å². The van der Waals surface area contributed by atoms with E-state index in [2.05, 4.69) is 38.2 Å². The Balaban J connectivity index is 2.60. The lowest BCUT2D eigenvalue weighted by atomic mass is 10.0. The van der Waals surface area contributed by atoms with Gasteiger partial charge < -0.3 is 5.32 Å². The van der Waals surface area contributed by atoms with E-state index in [-0.39, 0.29) is 0 Å². The lowest BCUT2D eigenvalue weighted by molar-refractivity contribution is 0.438. The fourth-order valence-corrected chi connectivity index (χ4v) is 1.91. The van der Waals surface area contributed by atoms with Crippen molar-refractivity contribution in [2.75, 3.05) is 6.54 Å². The number of benzene rings is 1. The molecule has 2 heteroatoms. The normalized spacial score (nSPS) is 14.8. The second-order valence-corrected chi connectivity index (χ2v) is 4.87. The second-order valence-electron chi connectivity index (χ2n) is 4.44. The van der Waals surface area contributed by atoms with Crippen LogP contribution in [0.2, 0.25) is 5.02 Å². The standard InChI is InChI=1S/C14H22ClN/c1-4-11(3)10-16-14(5-2)12-7-6-8-13(15)9-12/h6-9,11,14,16H,4-5,10H2,1-3H3. The molecule has 0 saturated carbocycles. The van der Waals surface area contributed by atoms with Crippen LogP contribution in [0.25, 0.3) is 0 Å². The zero-order chi connectivity index (χ0) is 12.0. The van der Waals surface area contributed by atoms with Crippen molar-refractivity contribution in [3.8, 4) is 0 Å². The van der Waals surface area contributed by atoms with Crippen molar-refractivity contribution in [2.24, 2.45) is 5.92 Å². The molecule has 1 aromatic rings. The van der Waals surface area contributed by atoms with Crippen LogP contribution in [0.15, 0.2) is 24.3 Å². The van der Waals surface area contributed by atoms with Crippen LogP contribution in [-0.2, 0) is 0 Å². The molecule has 0 radical (unpaired) electrons. The monoisotopic (exact) mass is 239 g/mol. The zero-order valence-corrected chi connectivity index (χ0v) is 11.2. The summed E-state index contributed by atoms with van der Waals surface area (Å²) in [6, 6.07) is 8.56. The SMILES string of the molecule is CCC(C)CNC(CC)c1cccc(Cl)c1. The van der Waals surface area contributed by atoms with Gasteiger partial charge in [0.15, 0.2) is 0 Å². The van der Waals surface area contributed by atoms with Crippen LogP contribution in [0.1, 0.15) is 45.2 Å². The first-order valence-electron chi connectivity index (χ1n) is 6.16. The first-order chi connectivity index (χ1) is 7.67. The van der Waals surface area contributed by atoms with Gasteiger partial charge in [-0.25, -0.2) is 0 Å². The molecule has 0 aromatic heterocycles. The average molecular weight is 240 g/mol. The van der Waals surface area contributed by atoms with E-state index in [1.165, 1.54) is 12.0 Å². The summed E-state index contributed by atoms with van der Waals surface area (Å²) in [5, 5.41) is 4.43. The smallest absolute Gasteiger partial charge is 0.0409 e. The molecule has 0 aliphatic rings. The Kier molecular flexibility index (Phi) is 5.86. The summed E-state index contributed by atoms with van der Waals surface area (Å²) >= 11 is 6.01. The Morgan fingerprint density at radius 1 is 1.25 bits per heavy atom. The fourth-order valence-electron chi connectivity index (χ4n) is 1.71. The van der Waals surface area contributed by atoms with E-state index in [0.717, 1.165) is 23.9 Å². The summed E-state index contributed by atoms with van der Waals surface area (Å²) in [7, 11) is 0. The van der Waals surface area contributed by atoms with Gasteiger partial charge in [-0.05, 0) is 36.6 Å². The van der Waals surface area contributed by atoms with E-state index >= 15 is 0 Å². The van der Waals surface area contributed by atoms with Gasteiger partial charge in [0.25, 0.3) is 0 Å².